The largest absolute Gasteiger partial charge is 0.405 e. The number of nitrogens with zero attached hydrogens (tertiary/aromatic N) is 1. The van der Waals surface area contributed by atoms with Crippen LogP contribution in [0.3, 0.4) is 0 Å². The molecule has 0 aliphatic heterocycles. The van der Waals surface area contributed by atoms with E-state index in [1.807, 2.05) is 6.92 Å². The minimum atomic E-state index is -0.400. The molecule has 24 heavy (non-hydrogen) atoms. The fraction of sp³-hybridized carbons (Fsp3) is 0.176. The minimum Gasteiger partial charge on any atom is -0.405 e. The predicted molar refractivity (Wildman–Crippen MR) is 90.8 cm³/mol. The van der Waals surface area contributed by atoms with Crippen molar-refractivity contribution in [2.24, 2.45) is 0 Å². The average molecular weight is 366 g/mol. The molecule has 0 unspecified atom stereocenters. The number of aromatic nitrogens is 1. The monoisotopic (exact) mass is 365 g/mol. The van der Waals surface area contributed by atoms with Gasteiger partial charge < -0.3 is 9.15 Å². The van der Waals surface area contributed by atoms with Gasteiger partial charge >= 0.3 is 11.9 Å². The number of hydrogen-bond acceptors (Lipinski definition) is 5. The number of oxazole rings is 1. The normalized spacial score (nSPS) is 10.8. The Morgan fingerprint density at radius 1 is 1.29 bits per heavy atom. The highest BCUT2D eigenvalue weighted by Gasteiger charge is 2.21. The molecule has 0 saturated carbocycles. The van der Waals surface area contributed by atoms with Gasteiger partial charge in [0.15, 0.2) is 5.69 Å². The van der Waals surface area contributed by atoms with Crippen LogP contribution in [-0.2, 0) is 4.79 Å². The standard InChI is InChI=1S/C17H13ClFNO3S/c1-2-3-14(21)22-17-15(12-8-9-13(18)24-12)20-16(23-17)10-4-6-11(19)7-5-10/h4-9H,2-3H2,1H3. The van der Waals surface area contributed by atoms with E-state index >= 15 is 0 Å². The van der Waals surface area contributed by atoms with E-state index in [1.165, 1.54) is 23.5 Å². The van der Waals surface area contributed by atoms with Gasteiger partial charge in [0.25, 0.3) is 0 Å². The molecule has 0 fully saturated rings. The number of hydrogen-bond donors (Lipinski definition) is 0. The first-order valence-corrected chi connectivity index (χ1v) is 8.49. The van der Waals surface area contributed by atoms with Crippen LogP contribution in [0.15, 0.2) is 40.8 Å². The maximum Gasteiger partial charge on any atom is 0.322 e. The number of carbonyl (C=O) groups excluding carboxylic acids is 1. The Morgan fingerprint density at radius 2 is 2.04 bits per heavy atom. The molecule has 0 amide bonds. The maximum absolute atomic E-state index is 13.1. The fourth-order valence-electron chi connectivity index (χ4n) is 2.05. The van der Waals surface area contributed by atoms with Crippen molar-refractivity contribution < 1.29 is 18.3 Å². The molecule has 0 N–H and O–H groups in total. The Labute approximate surface area is 146 Å². The van der Waals surface area contributed by atoms with E-state index in [1.54, 1.807) is 24.3 Å². The van der Waals surface area contributed by atoms with Crippen molar-refractivity contribution in [2.75, 3.05) is 0 Å². The third-order valence-corrected chi connectivity index (χ3v) is 4.39. The lowest BCUT2D eigenvalue weighted by Crippen LogP contribution is -2.06. The van der Waals surface area contributed by atoms with Crippen LogP contribution in [0.1, 0.15) is 19.8 Å². The Balaban J connectivity index is 2.01. The van der Waals surface area contributed by atoms with Crippen molar-refractivity contribution in [2.45, 2.75) is 19.8 Å². The highest BCUT2D eigenvalue weighted by Crippen LogP contribution is 2.39. The highest BCUT2D eigenvalue weighted by atomic mass is 35.5. The zero-order chi connectivity index (χ0) is 17.1. The summed E-state index contributed by atoms with van der Waals surface area (Å²) in [7, 11) is 0. The first-order chi connectivity index (χ1) is 11.6. The lowest BCUT2D eigenvalue weighted by molar-refractivity contribution is -0.135. The molecule has 3 rings (SSSR count). The second-order valence-corrected chi connectivity index (χ2v) is 6.70. The van der Waals surface area contributed by atoms with Gasteiger partial charge in [-0.1, -0.05) is 18.5 Å². The summed E-state index contributed by atoms with van der Waals surface area (Å²) < 4.78 is 24.6. The second-order valence-electron chi connectivity index (χ2n) is 4.99. The summed E-state index contributed by atoms with van der Waals surface area (Å²) in [6.45, 7) is 1.88. The van der Waals surface area contributed by atoms with Crippen LogP contribution in [0.25, 0.3) is 22.0 Å². The van der Waals surface area contributed by atoms with Crippen molar-refractivity contribution in [1.29, 1.82) is 0 Å². The SMILES string of the molecule is CCCC(=O)Oc1oc(-c2ccc(F)cc2)nc1-c1ccc(Cl)s1. The zero-order valence-electron chi connectivity index (χ0n) is 12.7. The fourth-order valence-corrected chi connectivity index (χ4v) is 3.07. The molecule has 0 aliphatic rings. The number of rotatable bonds is 5. The molecule has 7 heteroatoms. The minimum absolute atomic E-state index is 0.0197. The first-order valence-electron chi connectivity index (χ1n) is 7.30. The van der Waals surface area contributed by atoms with Crippen LogP contribution in [0.5, 0.6) is 5.95 Å². The Morgan fingerprint density at radius 3 is 2.67 bits per heavy atom. The molecule has 2 heterocycles. The van der Waals surface area contributed by atoms with E-state index in [-0.39, 0.29) is 24.1 Å². The number of thiophene rings is 1. The molecule has 0 atom stereocenters. The molecule has 1 aromatic carbocycles. The van der Waals surface area contributed by atoms with Crippen molar-refractivity contribution in [3.8, 4) is 28.0 Å². The van der Waals surface area contributed by atoms with Crippen molar-refractivity contribution >= 4 is 28.9 Å². The van der Waals surface area contributed by atoms with Gasteiger partial charge in [0.1, 0.15) is 5.82 Å². The maximum atomic E-state index is 13.1. The third kappa shape index (κ3) is 3.66. The van der Waals surface area contributed by atoms with Gasteiger partial charge in [0.05, 0.1) is 9.21 Å². The molecular weight excluding hydrogens is 353 g/mol. The van der Waals surface area contributed by atoms with Crippen LogP contribution < -0.4 is 4.74 Å². The molecule has 0 aliphatic carbocycles. The number of ether oxygens (including phenoxy) is 1. The van der Waals surface area contributed by atoms with Crippen molar-refractivity contribution in [3.05, 3.63) is 46.6 Å². The summed E-state index contributed by atoms with van der Waals surface area (Å²) in [4.78, 5) is 16.9. The lowest BCUT2D eigenvalue weighted by atomic mass is 10.2. The van der Waals surface area contributed by atoms with Crippen molar-refractivity contribution in [1.82, 2.24) is 4.98 Å². The summed E-state index contributed by atoms with van der Waals surface area (Å²) in [6, 6.07) is 9.21. The predicted octanol–water partition coefficient (Wildman–Crippen LogP) is 5.57. The number of benzene rings is 1. The van der Waals surface area contributed by atoms with Gasteiger partial charge in [-0.2, -0.15) is 0 Å². The van der Waals surface area contributed by atoms with E-state index in [4.69, 9.17) is 20.8 Å². The zero-order valence-corrected chi connectivity index (χ0v) is 14.3. The molecular formula is C17H13ClFNO3S. The molecule has 0 bridgehead atoms. The molecule has 0 radical (unpaired) electrons. The van der Waals surface area contributed by atoms with Crippen LogP contribution >= 0.6 is 22.9 Å². The summed E-state index contributed by atoms with van der Waals surface area (Å²) in [6.07, 6.45) is 0.940. The van der Waals surface area contributed by atoms with E-state index in [0.29, 0.717) is 22.0 Å². The second kappa shape index (κ2) is 7.15. The van der Waals surface area contributed by atoms with Gasteiger partial charge in [-0.3, -0.25) is 4.79 Å². The number of carbonyl (C=O) groups is 1. The van der Waals surface area contributed by atoms with E-state index < -0.39 is 5.97 Å². The average Bonchev–Trinajstić information content (AvgIpc) is 3.14. The molecule has 4 nitrogen and oxygen atoms in total. The van der Waals surface area contributed by atoms with Crippen LogP contribution in [-0.4, -0.2) is 11.0 Å². The van der Waals surface area contributed by atoms with Crippen LogP contribution in [0, 0.1) is 5.82 Å². The quantitative estimate of drug-likeness (QED) is 0.555. The van der Waals surface area contributed by atoms with Crippen molar-refractivity contribution in [3.63, 3.8) is 0 Å². The number of esters is 1. The summed E-state index contributed by atoms with van der Waals surface area (Å²) >= 11 is 7.27. The van der Waals surface area contributed by atoms with Gasteiger partial charge in [0, 0.05) is 12.0 Å². The third-order valence-electron chi connectivity index (χ3n) is 3.15. The van der Waals surface area contributed by atoms with Gasteiger partial charge in [-0.25, -0.2) is 9.37 Å². The van der Waals surface area contributed by atoms with E-state index in [0.717, 1.165) is 4.88 Å². The molecule has 0 saturated heterocycles. The number of halogens is 2. The smallest absolute Gasteiger partial charge is 0.322 e. The molecule has 0 spiro atoms. The first kappa shape index (κ1) is 16.7. The lowest BCUT2D eigenvalue weighted by Gasteiger charge is -2.00. The van der Waals surface area contributed by atoms with Crippen LogP contribution in [0.4, 0.5) is 4.39 Å². The van der Waals surface area contributed by atoms with Gasteiger partial charge in [-0.05, 0) is 42.8 Å². The van der Waals surface area contributed by atoms with Crippen LogP contribution in [0.2, 0.25) is 4.34 Å². The topological polar surface area (TPSA) is 52.3 Å². The Hall–Kier alpha value is -2.18. The van der Waals surface area contributed by atoms with Gasteiger partial charge in [-0.15, -0.1) is 11.3 Å². The van der Waals surface area contributed by atoms with Gasteiger partial charge in [0.2, 0.25) is 5.89 Å². The van der Waals surface area contributed by atoms with E-state index in [9.17, 15) is 9.18 Å². The molecule has 2 aromatic heterocycles. The Bertz CT molecular complexity index is 857. The molecule has 124 valence electrons. The summed E-state index contributed by atoms with van der Waals surface area (Å²) in [5.41, 5.74) is 0.980. The summed E-state index contributed by atoms with van der Waals surface area (Å²) in [5, 5.41) is 0. The summed E-state index contributed by atoms with van der Waals surface area (Å²) in [5.74, 6) is -0.492. The highest BCUT2D eigenvalue weighted by molar-refractivity contribution is 7.19. The molecule has 3 aromatic rings. The Kier molecular flexibility index (Phi) is 4.97. The van der Waals surface area contributed by atoms with E-state index in [2.05, 4.69) is 4.98 Å².